The predicted octanol–water partition coefficient (Wildman–Crippen LogP) is 7.29. The minimum absolute atomic E-state index is 0.226. The van der Waals surface area contributed by atoms with Gasteiger partial charge in [-0.2, -0.15) is 0 Å². The Morgan fingerprint density at radius 3 is 2.43 bits per heavy atom. The van der Waals surface area contributed by atoms with E-state index in [-0.39, 0.29) is 5.82 Å². The normalized spacial score (nSPS) is 20.6. The first kappa shape index (κ1) is 28.4. The summed E-state index contributed by atoms with van der Waals surface area (Å²) in [6.45, 7) is 3.28. The molecule has 0 aliphatic carbocycles. The highest BCUT2D eigenvalue weighted by atomic mass is 19.1. The van der Waals surface area contributed by atoms with Crippen molar-refractivity contribution < 1.29 is 13.9 Å². The highest BCUT2D eigenvalue weighted by molar-refractivity contribution is 5.49. The second kappa shape index (κ2) is 13.1. The number of nitrogens with one attached hydrogen (secondary N) is 1. The molecule has 1 saturated heterocycles. The third-order valence-electron chi connectivity index (χ3n) is 8.98. The summed E-state index contributed by atoms with van der Waals surface area (Å²) in [6.07, 6.45) is 6.59. The van der Waals surface area contributed by atoms with Crippen LogP contribution in [0.1, 0.15) is 53.5 Å². The standard InChI is InChI=1S/C37H41FN2O2/c1-40-23-6-5-9-33(40)21-24-41-34-16-10-28(11-17-34)26-37(31-12-14-32(38)15-13-31)36-19-18-35(25-30(36)20-22-39-37)42-27-29-7-3-2-4-8-29/h2-4,7-8,10-19,25,33,39H,5-6,9,20-24,26-27H2,1H3. The first-order chi connectivity index (χ1) is 20.6. The molecule has 4 aromatic rings. The quantitative estimate of drug-likeness (QED) is 0.219. The summed E-state index contributed by atoms with van der Waals surface area (Å²) < 4.78 is 26.3. The molecule has 2 atom stereocenters. The van der Waals surface area contributed by atoms with E-state index in [2.05, 4.69) is 71.9 Å². The number of rotatable bonds is 10. The number of halogens is 1. The number of nitrogens with zero attached hydrogens (tertiary/aromatic N) is 1. The van der Waals surface area contributed by atoms with E-state index in [0.717, 1.165) is 55.0 Å². The van der Waals surface area contributed by atoms with Crippen LogP contribution < -0.4 is 14.8 Å². The van der Waals surface area contributed by atoms with Crippen LogP contribution in [0.5, 0.6) is 11.5 Å². The largest absolute Gasteiger partial charge is 0.494 e. The predicted molar refractivity (Wildman–Crippen MR) is 167 cm³/mol. The van der Waals surface area contributed by atoms with Gasteiger partial charge in [0.1, 0.15) is 23.9 Å². The molecule has 4 aromatic carbocycles. The Morgan fingerprint density at radius 1 is 0.857 bits per heavy atom. The van der Waals surface area contributed by atoms with Crippen molar-refractivity contribution in [1.82, 2.24) is 10.2 Å². The highest BCUT2D eigenvalue weighted by Crippen LogP contribution is 2.39. The Balaban J connectivity index is 1.20. The summed E-state index contributed by atoms with van der Waals surface area (Å²) in [5, 5.41) is 3.84. The van der Waals surface area contributed by atoms with Crippen LogP contribution >= 0.6 is 0 Å². The molecule has 0 radical (unpaired) electrons. The van der Waals surface area contributed by atoms with Gasteiger partial charge >= 0.3 is 0 Å². The van der Waals surface area contributed by atoms with Gasteiger partial charge in [0.2, 0.25) is 0 Å². The van der Waals surface area contributed by atoms with Gasteiger partial charge < -0.3 is 19.7 Å². The zero-order chi connectivity index (χ0) is 28.8. The molecular weight excluding hydrogens is 523 g/mol. The molecule has 2 heterocycles. The molecule has 1 N–H and O–H groups in total. The van der Waals surface area contributed by atoms with Crippen molar-refractivity contribution in [2.45, 2.75) is 56.7 Å². The van der Waals surface area contributed by atoms with Crippen LogP contribution in [-0.2, 0) is 25.0 Å². The number of hydrogen-bond acceptors (Lipinski definition) is 4. The molecule has 5 heteroatoms. The van der Waals surface area contributed by atoms with Crippen molar-refractivity contribution in [2.24, 2.45) is 0 Å². The Hall–Kier alpha value is -3.67. The SMILES string of the molecule is CN1CCCCC1CCOc1ccc(CC2(c3ccc(F)cc3)NCCc3cc(OCc4ccccc4)ccc32)cc1. The lowest BCUT2D eigenvalue weighted by molar-refractivity contribution is 0.153. The molecule has 2 aliphatic heterocycles. The van der Waals surface area contributed by atoms with E-state index in [4.69, 9.17) is 9.47 Å². The summed E-state index contributed by atoms with van der Waals surface area (Å²) >= 11 is 0. The molecule has 0 saturated carbocycles. The number of benzene rings is 4. The number of piperidine rings is 1. The fourth-order valence-electron chi connectivity index (χ4n) is 6.61. The van der Waals surface area contributed by atoms with E-state index < -0.39 is 5.54 Å². The van der Waals surface area contributed by atoms with Gasteiger partial charge in [-0.3, -0.25) is 0 Å². The first-order valence-corrected chi connectivity index (χ1v) is 15.3. The smallest absolute Gasteiger partial charge is 0.123 e. The molecule has 0 spiro atoms. The zero-order valence-corrected chi connectivity index (χ0v) is 24.5. The lowest BCUT2D eigenvalue weighted by Gasteiger charge is -2.41. The minimum Gasteiger partial charge on any atom is -0.494 e. The number of ether oxygens (including phenoxy) is 2. The number of hydrogen-bond donors (Lipinski definition) is 1. The van der Waals surface area contributed by atoms with E-state index in [1.54, 1.807) is 12.1 Å². The van der Waals surface area contributed by atoms with Crippen LogP contribution in [0.25, 0.3) is 0 Å². The summed E-state index contributed by atoms with van der Waals surface area (Å²) in [6, 6.07) is 32.7. The third kappa shape index (κ3) is 6.53. The lowest BCUT2D eigenvalue weighted by Crippen LogP contribution is -2.49. The maximum atomic E-state index is 14.0. The van der Waals surface area contributed by atoms with Crippen molar-refractivity contribution in [2.75, 3.05) is 26.7 Å². The van der Waals surface area contributed by atoms with E-state index in [9.17, 15) is 4.39 Å². The van der Waals surface area contributed by atoms with Crippen LogP contribution in [0.3, 0.4) is 0 Å². The Morgan fingerprint density at radius 2 is 1.64 bits per heavy atom. The Labute approximate surface area is 249 Å². The van der Waals surface area contributed by atoms with Gasteiger partial charge in [0.25, 0.3) is 0 Å². The first-order valence-electron chi connectivity index (χ1n) is 15.3. The molecule has 0 amide bonds. The van der Waals surface area contributed by atoms with Crippen molar-refractivity contribution in [3.8, 4) is 11.5 Å². The molecule has 1 fully saturated rings. The average molecular weight is 565 g/mol. The molecule has 0 aromatic heterocycles. The van der Waals surface area contributed by atoms with Crippen molar-refractivity contribution in [1.29, 1.82) is 0 Å². The van der Waals surface area contributed by atoms with Crippen molar-refractivity contribution in [3.05, 3.63) is 131 Å². The van der Waals surface area contributed by atoms with Gasteiger partial charge in [-0.15, -0.1) is 0 Å². The van der Waals surface area contributed by atoms with Crippen LogP contribution in [0, 0.1) is 5.82 Å². The molecule has 0 bridgehead atoms. The van der Waals surface area contributed by atoms with Gasteiger partial charge in [0, 0.05) is 12.6 Å². The van der Waals surface area contributed by atoms with Crippen LogP contribution in [-0.4, -0.2) is 37.7 Å². The molecule has 4 nitrogen and oxygen atoms in total. The number of likely N-dealkylation sites (tertiary alicyclic amines) is 1. The number of fused-ring (bicyclic) bond motifs is 1. The van der Waals surface area contributed by atoms with E-state index in [1.807, 2.05) is 30.3 Å². The fourth-order valence-corrected chi connectivity index (χ4v) is 6.61. The van der Waals surface area contributed by atoms with Gasteiger partial charge in [-0.05, 0) is 110 Å². The van der Waals surface area contributed by atoms with Gasteiger partial charge in [-0.25, -0.2) is 4.39 Å². The van der Waals surface area contributed by atoms with Gasteiger partial charge in [0.15, 0.2) is 0 Å². The summed E-state index contributed by atoms with van der Waals surface area (Å²) in [5.41, 5.74) is 5.39. The summed E-state index contributed by atoms with van der Waals surface area (Å²) in [7, 11) is 2.23. The van der Waals surface area contributed by atoms with Crippen LogP contribution in [0.4, 0.5) is 4.39 Å². The van der Waals surface area contributed by atoms with Crippen LogP contribution in [0.2, 0.25) is 0 Å². The molecule has 2 unspecified atom stereocenters. The van der Waals surface area contributed by atoms with E-state index in [1.165, 1.54) is 42.5 Å². The summed E-state index contributed by atoms with van der Waals surface area (Å²) in [5.74, 6) is 1.55. The van der Waals surface area contributed by atoms with Crippen molar-refractivity contribution >= 4 is 0 Å². The average Bonchev–Trinajstić information content (AvgIpc) is 3.02. The Kier molecular flexibility index (Phi) is 8.87. The third-order valence-corrected chi connectivity index (χ3v) is 8.98. The molecule has 2 aliphatic rings. The molecule has 218 valence electrons. The maximum absolute atomic E-state index is 14.0. The lowest BCUT2D eigenvalue weighted by atomic mass is 9.73. The maximum Gasteiger partial charge on any atom is 0.123 e. The summed E-state index contributed by atoms with van der Waals surface area (Å²) in [4.78, 5) is 2.47. The second-order valence-electron chi connectivity index (χ2n) is 11.8. The van der Waals surface area contributed by atoms with E-state index in [0.29, 0.717) is 12.6 Å². The van der Waals surface area contributed by atoms with Gasteiger partial charge in [0.05, 0.1) is 12.1 Å². The van der Waals surface area contributed by atoms with Crippen molar-refractivity contribution in [3.63, 3.8) is 0 Å². The highest BCUT2D eigenvalue weighted by Gasteiger charge is 2.38. The monoisotopic (exact) mass is 564 g/mol. The fraction of sp³-hybridized carbons (Fsp3) is 0.351. The zero-order valence-electron chi connectivity index (χ0n) is 24.5. The minimum atomic E-state index is -0.479. The molecular formula is C37H41FN2O2. The Bertz CT molecular complexity index is 1440. The van der Waals surface area contributed by atoms with Crippen LogP contribution in [0.15, 0.2) is 97.1 Å². The second-order valence-corrected chi connectivity index (χ2v) is 11.8. The van der Waals surface area contributed by atoms with Gasteiger partial charge in [-0.1, -0.05) is 67.1 Å². The topological polar surface area (TPSA) is 33.7 Å². The van der Waals surface area contributed by atoms with E-state index >= 15 is 0 Å². The molecule has 42 heavy (non-hydrogen) atoms. The molecule has 6 rings (SSSR count).